The zero-order chi connectivity index (χ0) is 98.9. The van der Waals surface area contributed by atoms with E-state index < -0.39 is 46.8 Å². The molecular weight excluding hydrogens is 1730 g/mol. The van der Waals surface area contributed by atoms with Gasteiger partial charge in [0.2, 0.25) is 29.9 Å². The summed E-state index contributed by atoms with van der Waals surface area (Å²) in [5.74, 6) is 1.73. The number of nitrogens with one attached hydrogen (secondary N) is 6. The number of para-hydroxylation sites is 1. The van der Waals surface area contributed by atoms with Gasteiger partial charge in [-0.05, 0) is 223 Å². The minimum Gasteiger partial charge on any atom is -0.497 e. The molecular formula is C107H134N10O19. The Bertz CT molecular complexity index is 5370. The number of carbonyl (C=O) groups is 10. The van der Waals surface area contributed by atoms with E-state index in [0.29, 0.717) is 128 Å². The fourth-order valence-corrected chi connectivity index (χ4v) is 13.9. The number of hydrogen-bond donors (Lipinski definition) is 6. The lowest BCUT2D eigenvalue weighted by atomic mass is 10.0. The fourth-order valence-electron chi connectivity index (χ4n) is 13.9. The lowest BCUT2D eigenvalue weighted by Gasteiger charge is -2.19. The molecule has 5 heterocycles. The zero-order valence-corrected chi connectivity index (χ0v) is 81.2. The second-order valence-corrected chi connectivity index (χ2v) is 32.5. The van der Waals surface area contributed by atoms with Crippen LogP contribution in [-0.4, -0.2) is 160 Å². The number of rotatable bonds is 46. The first-order valence-electron chi connectivity index (χ1n) is 45.8. The minimum atomic E-state index is -0.584. The van der Waals surface area contributed by atoms with Gasteiger partial charge in [-0.2, -0.15) is 0 Å². The van der Waals surface area contributed by atoms with Gasteiger partial charge in [0.25, 0.3) is 35.4 Å². The summed E-state index contributed by atoms with van der Waals surface area (Å²) < 4.78 is 47.2. The number of ether oxygens (including phenoxy) is 9. The van der Waals surface area contributed by atoms with Gasteiger partial charge >= 0.3 is 0 Å². The highest BCUT2D eigenvalue weighted by Gasteiger charge is 2.23. The summed E-state index contributed by atoms with van der Waals surface area (Å²) in [4.78, 5) is 137. The topological polar surface area (TPSA) is 378 Å². The quantitative estimate of drug-likeness (QED) is 0.0193. The molecule has 0 saturated heterocycles. The summed E-state index contributed by atoms with van der Waals surface area (Å²) in [5, 5.41) is 16.7. The summed E-state index contributed by atoms with van der Waals surface area (Å²) in [6.45, 7) is 18.4. The molecule has 10 aromatic rings. The molecule has 0 bridgehead atoms. The molecule has 1 atom stereocenters. The van der Waals surface area contributed by atoms with Crippen molar-refractivity contribution in [3.8, 4) is 46.0 Å². The lowest BCUT2D eigenvalue weighted by Crippen LogP contribution is -2.38. The Hall–Kier alpha value is -14.2. The third-order valence-electron chi connectivity index (χ3n) is 21.2. The average Bonchev–Trinajstić information content (AvgIpc) is 1.69. The van der Waals surface area contributed by atoms with Crippen molar-refractivity contribution in [2.24, 2.45) is 5.92 Å². The maximum absolute atomic E-state index is 12.2. The van der Waals surface area contributed by atoms with E-state index in [9.17, 15) is 47.9 Å². The van der Waals surface area contributed by atoms with Crippen molar-refractivity contribution in [3.63, 3.8) is 0 Å². The van der Waals surface area contributed by atoms with Crippen molar-refractivity contribution in [1.29, 1.82) is 0 Å². The Morgan fingerprint density at radius 3 is 1.27 bits per heavy atom. The molecule has 0 spiro atoms. The number of nitrogens with zero attached hydrogens (tertiary/aromatic N) is 4. The summed E-state index contributed by atoms with van der Waals surface area (Å²) in [6.07, 6.45) is 17.6. The number of Topliss-reactive ketones (excluding diaryl/α,β-unsaturated/α-hetero) is 4. The predicted molar refractivity (Wildman–Crippen MR) is 523 cm³/mol. The number of pyridine rings is 4. The van der Waals surface area contributed by atoms with E-state index in [1.165, 1.54) is 0 Å². The van der Waals surface area contributed by atoms with Crippen LogP contribution in [0.1, 0.15) is 193 Å². The van der Waals surface area contributed by atoms with Crippen molar-refractivity contribution in [2.45, 2.75) is 196 Å². The highest BCUT2D eigenvalue weighted by molar-refractivity contribution is 6.37. The molecule has 1 aliphatic rings. The van der Waals surface area contributed by atoms with Crippen LogP contribution in [0.2, 0.25) is 0 Å². The predicted octanol–water partition coefficient (Wildman–Crippen LogP) is 15.7. The SMILES string of the molecule is CCCC(CCC)NC(=O)c1ccc2c(c1)OCO2.COC[C@@H](CC(C)C)NC(=O)c1ccc(C)cc1.COc1cc(C)ccc1CNC(=O)C(=O)CCCc1ccc(C)cn1.COc1cc(C)ccc1CNC(=O)C(=O)CCCc1ccccn1.COc1ccc(CNC(=O)C(=O)CCCc2ccccn2)c(OC)c1.COc1cccc(CCC(=O)C(=O)NCCc2ccccn2)c1OC. The van der Waals surface area contributed by atoms with Gasteiger partial charge in [0, 0.05) is 153 Å². The molecule has 6 N–H and O–H groups in total. The molecule has 726 valence electrons. The monoisotopic (exact) mass is 1860 g/mol. The molecule has 0 fully saturated rings. The van der Waals surface area contributed by atoms with Gasteiger partial charge in [-0.25, -0.2) is 0 Å². The number of amides is 6. The van der Waals surface area contributed by atoms with Crippen molar-refractivity contribution >= 4 is 58.6 Å². The largest absolute Gasteiger partial charge is 0.497 e. The molecule has 0 aliphatic carbocycles. The highest BCUT2D eigenvalue weighted by atomic mass is 16.7. The second-order valence-electron chi connectivity index (χ2n) is 32.5. The van der Waals surface area contributed by atoms with Gasteiger partial charge in [0.05, 0.1) is 55.3 Å². The maximum atomic E-state index is 12.2. The first-order chi connectivity index (χ1) is 65.6. The molecule has 29 nitrogen and oxygen atoms in total. The maximum Gasteiger partial charge on any atom is 0.287 e. The van der Waals surface area contributed by atoms with E-state index in [0.717, 1.165) is 99.4 Å². The van der Waals surface area contributed by atoms with Crippen LogP contribution >= 0.6 is 0 Å². The Morgan fingerprint density at radius 2 is 0.816 bits per heavy atom. The summed E-state index contributed by atoms with van der Waals surface area (Å²) in [6, 6.07) is 56.3. The molecule has 29 heteroatoms. The van der Waals surface area contributed by atoms with Crippen LogP contribution < -0.4 is 69.8 Å². The summed E-state index contributed by atoms with van der Waals surface area (Å²) in [5.41, 5.74) is 12.7. The molecule has 1 aliphatic heterocycles. The van der Waals surface area contributed by atoms with E-state index >= 15 is 0 Å². The Morgan fingerprint density at radius 1 is 0.375 bits per heavy atom. The van der Waals surface area contributed by atoms with E-state index in [1.807, 2.05) is 167 Å². The minimum absolute atomic E-state index is 0.0299. The number of fused-ring (bicyclic) bond motifs is 1. The van der Waals surface area contributed by atoms with E-state index in [-0.39, 0.29) is 76.0 Å². The first-order valence-corrected chi connectivity index (χ1v) is 45.8. The number of methoxy groups -OCH3 is 7. The van der Waals surface area contributed by atoms with Gasteiger partial charge in [-0.15, -0.1) is 0 Å². The van der Waals surface area contributed by atoms with Crippen LogP contribution in [0.4, 0.5) is 0 Å². The molecule has 0 saturated carbocycles. The van der Waals surface area contributed by atoms with Crippen molar-refractivity contribution < 1.29 is 90.6 Å². The number of hydrogen-bond acceptors (Lipinski definition) is 23. The second kappa shape index (κ2) is 62.3. The number of aromatic nitrogens is 4. The van der Waals surface area contributed by atoms with Crippen LogP contribution in [0.5, 0.6) is 46.0 Å². The van der Waals surface area contributed by atoms with Crippen LogP contribution in [0, 0.1) is 33.6 Å². The molecule has 4 aromatic heterocycles. The fraction of sp³-hybridized carbons (Fsp3) is 0.383. The van der Waals surface area contributed by atoms with Crippen LogP contribution in [0.3, 0.4) is 0 Å². The number of ketones is 4. The normalized spacial score (nSPS) is 10.9. The van der Waals surface area contributed by atoms with E-state index in [4.69, 9.17) is 42.6 Å². The summed E-state index contributed by atoms with van der Waals surface area (Å²) in [7, 11) is 11.1. The van der Waals surface area contributed by atoms with Gasteiger partial charge in [-0.1, -0.05) is 119 Å². The highest BCUT2D eigenvalue weighted by Crippen LogP contribution is 2.34. The van der Waals surface area contributed by atoms with Gasteiger partial charge in [0.15, 0.2) is 23.0 Å². The number of carbonyl (C=O) groups excluding carboxylic acids is 10. The lowest BCUT2D eigenvalue weighted by molar-refractivity contribution is -0.138. The first kappa shape index (κ1) is 111. The number of benzene rings is 6. The van der Waals surface area contributed by atoms with Gasteiger partial charge in [-0.3, -0.25) is 67.9 Å². The molecule has 6 aromatic carbocycles. The van der Waals surface area contributed by atoms with Gasteiger partial charge < -0.3 is 74.5 Å². The van der Waals surface area contributed by atoms with E-state index in [1.54, 1.807) is 117 Å². The van der Waals surface area contributed by atoms with Crippen molar-refractivity contribution in [3.05, 3.63) is 285 Å². The molecule has 0 radical (unpaired) electrons. The molecule has 0 unspecified atom stereocenters. The molecule has 6 amide bonds. The third-order valence-corrected chi connectivity index (χ3v) is 21.2. The Labute approximate surface area is 799 Å². The van der Waals surface area contributed by atoms with Crippen LogP contribution in [0.25, 0.3) is 0 Å². The zero-order valence-electron chi connectivity index (χ0n) is 81.2. The number of aryl methyl sites for hydroxylation is 8. The Balaban J connectivity index is 0.000000252. The molecule has 11 rings (SSSR count). The van der Waals surface area contributed by atoms with Gasteiger partial charge in [0.1, 0.15) is 23.0 Å². The Kier molecular flexibility index (Phi) is 50.6. The van der Waals surface area contributed by atoms with E-state index in [2.05, 4.69) is 79.5 Å². The van der Waals surface area contributed by atoms with Crippen LogP contribution in [-0.2, 0) is 94.8 Å². The average molecular weight is 1860 g/mol. The standard InChI is InChI=1S/C20H24N2O3.2C19H22N2O4.C19H22N2O3.C15H21NO3.C15H23NO2/c1-14-7-9-16(19(11-14)25-3)13-22-20(24)18(23)6-4-5-17-10-8-15(2)12-21-17;1-24-17-8-5-6-14(18(17)25-2)9-10-16(22)19(23)21-13-11-15-7-3-4-12-20-15;1-24-16-10-9-14(18(12-16)25-2)13-21-19(23)17(22)8-5-7-15-6-3-4-11-20-15;1-14-9-10-15(18(12-14)24-2)13-21-19(23)17(22)8-5-7-16-6-3-4-11-20-16;1-3-5-12(6-4-2)16-15(17)11-7-8-13-14(9-11)19-10-18-13;1-11(2)9-14(10-18-4)16-15(17)13-7-5-12(3)6-8-13/h7-12H,4-6,13H2,1-3H3,(H,22,24);3-8,12H,9-11,13H2,1-2H3,(H,21,23);3-4,6,9-12H,5,7-8,13H2,1-2H3,(H,21,23);3-4,6,9-12H,5,7-8,13H2,1-2H3,(H,21,23);7-9,12H,3-6,10H2,1-2H3,(H,16,17);5-8,11,14H,9-10H2,1-4H3,(H,16,17)/t;;;;;14-/m.....1/s1. The van der Waals surface area contributed by atoms with Crippen molar-refractivity contribution in [1.82, 2.24) is 51.8 Å². The smallest absolute Gasteiger partial charge is 0.287 e. The van der Waals surface area contributed by atoms with Crippen molar-refractivity contribution in [2.75, 3.05) is 69.7 Å². The van der Waals surface area contributed by atoms with Crippen LogP contribution in [0.15, 0.2) is 207 Å². The third kappa shape index (κ3) is 41.1. The summed E-state index contributed by atoms with van der Waals surface area (Å²) >= 11 is 0. The molecule has 136 heavy (non-hydrogen) atoms.